The van der Waals surface area contributed by atoms with Crippen LogP contribution in [0.5, 0.6) is 0 Å². The highest BCUT2D eigenvalue weighted by Gasteiger charge is 2.35. The highest BCUT2D eigenvalue weighted by atomic mass is 32.1. The predicted octanol–water partition coefficient (Wildman–Crippen LogP) is 3.33. The number of rotatable bonds is 5. The van der Waals surface area contributed by atoms with Crippen LogP contribution in [0.3, 0.4) is 0 Å². The molecule has 0 radical (unpaired) electrons. The molecule has 1 aromatic heterocycles. The second-order valence-electron chi connectivity index (χ2n) is 4.58. The van der Waals surface area contributed by atoms with Crippen LogP contribution < -0.4 is 5.73 Å². The van der Waals surface area contributed by atoms with Gasteiger partial charge in [0.2, 0.25) is 0 Å². The maximum Gasteiger partial charge on any atom is 0.401 e. The Labute approximate surface area is 110 Å². The van der Waals surface area contributed by atoms with Gasteiger partial charge in [-0.15, -0.1) is 11.3 Å². The standard InChI is InChI=1S/C12H19F3N2S/c1-8(2)17(7-12(13,14)15)10(6-16)11-5-4-9(3)18-11/h4-5,8,10H,6-7,16H2,1-3H3. The first-order valence-electron chi connectivity index (χ1n) is 5.83. The van der Waals surface area contributed by atoms with E-state index < -0.39 is 12.7 Å². The molecule has 0 saturated heterocycles. The Morgan fingerprint density at radius 3 is 2.28 bits per heavy atom. The molecule has 2 N–H and O–H groups in total. The minimum absolute atomic E-state index is 0.189. The van der Waals surface area contributed by atoms with Crippen molar-refractivity contribution in [3.8, 4) is 0 Å². The number of aryl methyl sites for hydroxylation is 1. The van der Waals surface area contributed by atoms with Crippen molar-refractivity contribution in [1.29, 1.82) is 0 Å². The molecule has 1 atom stereocenters. The molecule has 0 aliphatic carbocycles. The summed E-state index contributed by atoms with van der Waals surface area (Å²) in [6.45, 7) is 4.71. The van der Waals surface area contributed by atoms with Gasteiger partial charge in [0.25, 0.3) is 0 Å². The van der Waals surface area contributed by atoms with Gasteiger partial charge < -0.3 is 5.73 Å². The maximum atomic E-state index is 12.6. The van der Waals surface area contributed by atoms with E-state index in [4.69, 9.17) is 5.73 Å². The van der Waals surface area contributed by atoms with E-state index in [1.54, 1.807) is 13.8 Å². The Morgan fingerprint density at radius 1 is 1.33 bits per heavy atom. The van der Waals surface area contributed by atoms with Crippen molar-refractivity contribution in [3.05, 3.63) is 21.9 Å². The molecular formula is C12H19F3N2S. The van der Waals surface area contributed by atoms with Gasteiger partial charge in [-0.1, -0.05) is 0 Å². The van der Waals surface area contributed by atoms with Crippen molar-refractivity contribution in [2.24, 2.45) is 5.73 Å². The number of thiophene rings is 1. The fraction of sp³-hybridized carbons (Fsp3) is 0.667. The molecule has 104 valence electrons. The van der Waals surface area contributed by atoms with Crippen LogP contribution in [0.4, 0.5) is 13.2 Å². The third-order valence-corrected chi connectivity index (χ3v) is 3.84. The average Bonchev–Trinajstić information content (AvgIpc) is 2.62. The lowest BCUT2D eigenvalue weighted by Gasteiger charge is -2.34. The highest BCUT2D eigenvalue weighted by Crippen LogP contribution is 2.31. The quantitative estimate of drug-likeness (QED) is 0.896. The normalized spacial score (nSPS) is 14.5. The highest BCUT2D eigenvalue weighted by molar-refractivity contribution is 7.12. The molecule has 18 heavy (non-hydrogen) atoms. The van der Waals surface area contributed by atoms with Crippen LogP contribution in [0.1, 0.15) is 29.6 Å². The summed E-state index contributed by atoms with van der Waals surface area (Å²) in [7, 11) is 0. The minimum atomic E-state index is -4.20. The Kier molecular flexibility index (Phi) is 5.19. The van der Waals surface area contributed by atoms with Crippen LogP contribution in [0.2, 0.25) is 0 Å². The molecule has 1 heterocycles. The van der Waals surface area contributed by atoms with E-state index in [2.05, 4.69) is 0 Å². The van der Waals surface area contributed by atoms with E-state index in [-0.39, 0.29) is 18.6 Å². The number of nitrogens with two attached hydrogens (primary N) is 1. The SMILES string of the molecule is Cc1ccc(C(CN)N(CC(F)(F)F)C(C)C)s1. The number of nitrogens with zero attached hydrogens (tertiary/aromatic N) is 1. The van der Waals surface area contributed by atoms with Crippen LogP contribution in [0.15, 0.2) is 12.1 Å². The maximum absolute atomic E-state index is 12.6. The number of hydrogen-bond donors (Lipinski definition) is 1. The fourth-order valence-electron chi connectivity index (χ4n) is 1.91. The van der Waals surface area contributed by atoms with Crippen molar-refractivity contribution in [3.63, 3.8) is 0 Å². The second kappa shape index (κ2) is 6.04. The van der Waals surface area contributed by atoms with E-state index in [1.165, 1.54) is 16.2 Å². The number of halogens is 3. The summed E-state index contributed by atoms with van der Waals surface area (Å²) in [6, 6.07) is 3.20. The molecule has 6 heteroatoms. The largest absolute Gasteiger partial charge is 0.401 e. The first kappa shape index (κ1) is 15.5. The number of alkyl halides is 3. The van der Waals surface area contributed by atoms with Crippen molar-refractivity contribution in [2.75, 3.05) is 13.1 Å². The lowest BCUT2D eigenvalue weighted by atomic mass is 10.1. The van der Waals surface area contributed by atoms with E-state index in [1.807, 2.05) is 19.1 Å². The summed E-state index contributed by atoms with van der Waals surface area (Å²) in [5.41, 5.74) is 5.67. The summed E-state index contributed by atoms with van der Waals surface area (Å²) < 4.78 is 37.8. The summed E-state index contributed by atoms with van der Waals surface area (Å²) >= 11 is 1.50. The molecule has 0 spiro atoms. The van der Waals surface area contributed by atoms with Gasteiger partial charge in [0.15, 0.2) is 0 Å². The molecule has 0 amide bonds. The molecule has 0 aromatic carbocycles. The van der Waals surface area contributed by atoms with E-state index in [0.717, 1.165) is 9.75 Å². The first-order chi connectivity index (χ1) is 8.24. The van der Waals surface area contributed by atoms with E-state index >= 15 is 0 Å². The van der Waals surface area contributed by atoms with Crippen LogP contribution in [0.25, 0.3) is 0 Å². The van der Waals surface area contributed by atoms with Gasteiger partial charge in [0, 0.05) is 22.3 Å². The zero-order valence-corrected chi connectivity index (χ0v) is 11.6. The number of hydrogen-bond acceptors (Lipinski definition) is 3. The molecule has 1 aromatic rings. The van der Waals surface area contributed by atoms with Gasteiger partial charge in [-0.3, -0.25) is 4.90 Å². The Bertz CT molecular complexity index is 374. The molecule has 0 bridgehead atoms. The Balaban J connectivity index is 2.94. The predicted molar refractivity (Wildman–Crippen MR) is 68.7 cm³/mol. The van der Waals surface area contributed by atoms with Crippen LogP contribution in [0, 0.1) is 6.92 Å². The van der Waals surface area contributed by atoms with Crippen LogP contribution in [-0.4, -0.2) is 30.2 Å². The second-order valence-corrected chi connectivity index (χ2v) is 5.90. The molecule has 0 fully saturated rings. The van der Waals surface area contributed by atoms with Crippen molar-refractivity contribution < 1.29 is 13.2 Å². The molecule has 2 nitrogen and oxygen atoms in total. The fourth-order valence-corrected chi connectivity index (χ4v) is 2.92. The Hall–Kier alpha value is -0.590. The van der Waals surface area contributed by atoms with Crippen molar-refractivity contribution in [1.82, 2.24) is 4.90 Å². The molecule has 0 aliphatic rings. The minimum Gasteiger partial charge on any atom is -0.329 e. The topological polar surface area (TPSA) is 29.3 Å². The van der Waals surface area contributed by atoms with Gasteiger partial charge in [0.05, 0.1) is 12.6 Å². The third-order valence-electron chi connectivity index (χ3n) is 2.74. The van der Waals surface area contributed by atoms with Gasteiger partial charge in [-0.05, 0) is 32.9 Å². The van der Waals surface area contributed by atoms with Gasteiger partial charge >= 0.3 is 6.18 Å². The van der Waals surface area contributed by atoms with Crippen molar-refractivity contribution in [2.45, 2.75) is 39.0 Å². The monoisotopic (exact) mass is 280 g/mol. The molecule has 1 rings (SSSR count). The Morgan fingerprint density at radius 2 is 1.94 bits per heavy atom. The summed E-state index contributed by atoms with van der Waals surface area (Å²) in [6.07, 6.45) is -4.20. The lowest BCUT2D eigenvalue weighted by Crippen LogP contribution is -2.43. The van der Waals surface area contributed by atoms with Gasteiger partial charge in [0.1, 0.15) is 0 Å². The summed E-state index contributed by atoms with van der Waals surface area (Å²) in [5.74, 6) is 0. The average molecular weight is 280 g/mol. The molecule has 0 aliphatic heterocycles. The summed E-state index contributed by atoms with van der Waals surface area (Å²) in [5, 5.41) is 0. The zero-order valence-electron chi connectivity index (χ0n) is 10.8. The lowest BCUT2D eigenvalue weighted by molar-refractivity contribution is -0.155. The van der Waals surface area contributed by atoms with Gasteiger partial charge in [-0.2, -0.15) is 13.2 Å². The van der Waals surface area contributed by atoms with E-state index in [0.29, 0.717) is 0 Å². The van der Waals surface area contributed by atoms with Crippen LogP contribution in [-0.2, 0) is 0 Å². The third kappa shape index (κ3) is 4.26. The van der Waals surface area contributed by atoms with Crippen molar-refractivity contribution >= 4 is 11.3 Å². The van der Waals surface area contributed by atoms with Gasteiger partial charge in [-0.25, -0.2) is 0 Å². The van der Waals surface area contributed by atoms with E-state index in [9.17, 15) is 13.2 Å². The molecular weight excluding hydrogens is 261 g/mol. The molecule has 1 unspecified atom stereocenters. The summed E-state index contributed by atoms with van der Waals surface area (Å²) in [4.78, 5) is 3.39. The first-order valence-corrected chi connectivity index (χ1v) is 6.65. The smallest absolute Gasteiger partial charge is 0.329 e. The van der Waals surface area contributed by atoms with Crippen LogP contribution >= 0.6 is 11.3 Å². The zero-order chi connectivity index (χ0) is 13.9. The molecule has 0 saturated carbocycles.